The van der Waals surface area contributed by atoms with Crippen LogP contribution in [0.2, 0.25) is 5.02 Å². The van der Waals surface area contributed by atoms with Gasteiger partial charge in [-0.15, -0.1) is 0 Å². The zero-order chi connectivity index (χ0) is 14.8. The molecule has 0 atom stereocenters. The van der Waals surface area contributed by atoms with Crippen LogP contribution in [0.4, 0.5) is 0 Å². The highest BCUT2D eigenvalue weighted by atomic mass is 35.5. The van der Waals surface area contributed by atoms with Gasteiger partial charge in [-0.05, 0) is 26.8 Å². The predicted molar refractivity (Wildman–Crippen MR) is 82.9 cm³/mol. The highest BCUT2D eigenvalue weighted by Gasteiger charge is 2.14. The first-order valence-electron chi connectivity index (χ1n) is 6.63. The fraction of sp³-hybridized carbons (Fsp3) is 0.400. The number of fused-ring (bicyclic) bond motifs is 1. The third-order valence-electron chi connectivity index (χ3n) is 2.82. The zero-order valence-corrected chi connectivity index (χ0v) is 12.8. The van der Waals surface area contributed by atoms with Crippen molar-refractivity contribution < 1.29 is 4.79 Å². The molecule has 2 aromatic rings. The lowest BCUT2D eigenvalue weighted by atomic mass is 10.1. The van der Waals surface area contributed by atoms with Crippen LogP contribution in [0.25, 0.3) is 10.9 Å². The molecule has 0 bridgehead atoms. The Bertz CT molecular complexity index is 613. The second-order valence-electron chi connectivity index (χ2n) is 5.86. The standard InChI is InChI=1S/C15H20ClN3O/c1-15(2,3)19-13(20)9-17-8-12-14(16)10-6-4-5-7-11(10)18-12/h4-7,17-18H,8-9H2,1-3H3,(H,19,20). The van der Waals surface area contributed by atoms with E-state index in [0.717, 1.165) is 16.6 Å². The first-order valence-corrected chi connectivity index (χ1v) is 7.01. The molecule has 0 fully saturated rings. The maximum Gasteiger partial charge on any atom is 0.234 e. The Balaban J connectivity index is 1.93. The number of hydrogen-bond acceptors (Lipinski definition) is 2. The van der Waals surface area contributed by atoms with Gasteiger partial charge in [0.05, 0.1) is 11.6 Å². The summed E-state index contributed by atoms with van der Waals surface area (Å²) < 4.78 is 0. The fourth-order valence-corrected chi connectivity index (χ4v) is 2.33. The Hall–Kier alpha value is -1.52. The Morgan fingerprint density at radius 1 is 1.30 bits per heavy atom. The van der Waals surface area contributed by atoms with Crippen molar-refractivity contribution in [1.82, 2.24) is 15.6 Å². The molecule has 1 heterocycles. The predicted octanol–water partition coefficient (Wildman–Crippen LogP) is 2.83. The van der Waals surface area contributed by atoms with Gasteiger partial charge in [-0.3, -0.25) is 4.79 Å². The number of H-pyrrole nitrogens is 1. The van der Waals surface area contributed by atoms with Crippen LogP contribution in [-0.2, 0) is 11.3 Å². The van der Waals surface area contributed by atoms with Crippen LogP contribution >= 0.6 is 11.6 Å². The molecule has 108 valence electrons. The van der Waals surface area contributed by atoms with E-state index in [0.29, 0.717) is 11.6 Å². The van der Waals surface area contributed by atoms with Crippen molar-refractivity contribution >= 4 is 28.4 Å². The van der Waals surface area contributed by atoms with Crippen molar-refractivity contribution in [2.24, 2.45) is 0 Å². The number of aromatic nitrogens is 1. The molecule has 0 aliphatic heterocycles. The molecule has 1 aromatic carbocycles. The van der Waals surface area contributed by atoms with Crippen LogP contribution in [-0.4, -0.2) is 23.0 Å². The number of carbonyl (C=O) groups is 1. The molecule has 0 radical (unpaired) electrons. The molecule has 2 rings (SSSR count). The van der Waals surface area contributed by atoms with Crippen molar-refractivity contribution in [3.8, 4) is 0 Å². The second-order valence-corrected chi connectivity index (χ2v) is 6.24. The Labute approximate surface area is 123 Å². The fourth-order valence-electron chi connectivity index (χ4n) is 2.05. The third-order valence-corrected chi connectivity index (χ3v) is 3.25. The minimum Gasteiger partial charge on any atom is -0.356 e. The van der Waals surface area contributed by atoms with Crippen LogP contribution < -0.4 is 10.6 Å². The lowest BCUT2D eigenvalue weighted by molar-refractivity contribution is -0.121. The summed E-state index contributed by atoms with van der Waals surface area (Å²) in [4.78, 5) is 14.9. The molecule has 0 aliphatic rings. The molecule has 0 saturated heterocycles. The van der Waals surface area contributed by atoms with Crippen molar-refractivity contribution in [3.05, 3.63) is 35.0 Å². The molecule has 4 nitrogen and oxygen atoms in total. The number of hydrogen-bond donors (Lipinski definition) is 3. The van der Waals surface area contributed by atoms with E-state index in [2.05, 4.69) is 15.6 Å². The number of rotatable bonds is 4. The van der Waals surface area contributed by atoms with Gasteiger partial charge in [-0.1, -0.05) is 29.8 Å². The molecule has 0 aliphatic carbocycles. The zero-order valence-electron chi connectivity index (χ0n) is 12.0. The molecule has 1 amide bonds. The van der Waals surface area contributed by atoms with Gasteiger partial charge in [-0.25, -0.2) is 0 Å². The number of benzene rings is 1. The summed E-state index contributed by atoms with van der Waals surface area (Å²) in [5.74, 6) is -0.0234. The van der Waals surface area contributed by atoms with Crippen LogP contribution in [0, 0.1) is 0 Å². The van der Waals surface area contributed by atoms with Crippen molar-refractivity contribution in [2.75, 3.05) is 6.54 Å². The van der Waals surface area contributed by atoms with Crippen molar-refractivity contribution in [2.45, 2.75) is 32.9 Å². The lowest BCUT2D eigenvalue weighted by Gasteiger charge is -2.20. The van der Waals surface area contributed by atoms with E-state index < -0.39 is 0 Å². The van der Waals surface area contributed by atoms with Gasteiger partial charge in [0, 0.05) is 28.7 Å². The van der Waals surface area contributed by atoms with Gasteiger partial charge >= 0.3 is 0 Å². The molecular weight excluding hydrogens is 274 g/mol. The van der Waals surface area contributed by atoms with Crippen molar-refractivity contribution in [1.29, 1.82) is 0 Å². The van der Waals surface area contributed by atoms with Gasteiger partial charge < -0.3 is 15.6 Å². The Morgan fingerprint density at radius 2 is 2.00 bits per heavy atom. The summed E-state index contributed by atoms with van der Waals surface area (Å²) in [6, 6.07) is 7.88. The van der Waals surface area contributed by atoms with Crippen LogP contribution in [0.1, 0.15) is 26.5 Å². The summed E-state index contributed by atoms with van der Waals surface area (Å²) in [5, 5.41) is 7.72. The molecule has 0 saturated carbocycles. The van der Waals surface area contributed by atoms with Gasteiger partial charge in [-0.2, -0.15) is 0 Å². The summed E-state index contributed by atoms with van der Waals surface area (Å²) in [5.41, 5.74) is 1.70. The number of aromatic amines is 1. The highest BCUT2D eigenvalue weighted by molar-refractivity contribution is 6.36. The van der Waals surface area contributed by atoms with E-state index >= 15 is 0 Å². The monoisotopic (exact) mass is 293 g/mol. The van der Waals surface area contributed by atoms with Crippen LogP contribution in [0.5, 0.6) is 0 Å². The summed E-state index contributed by atoms with van der Waals surface area (Å²) >= 11 is 6.31. The number of carbonyl (C=O) groups excluding carboxylic acids is 1. The van der Waals surface area contributed by atoms with E-state index in [1.54, 1.807) is 0 Å². The maximum absolute atomic E-state index is 11.7. The molecule has 0 unspecified atom stereocenters. The number of halogens is 1. The highest BCUT2D eigenvalue weighted by Crippen LogP contribution is 2.26. The average molecular weight is 294 g/mol. The largest absolute Gasteiger partial charge is 0.356 e. The van der Waals surface area contributed by atoms with Gasteiger partial charge in [0.1, 0.15) is 0 Å². The Kier molecular flexibility index (Phi) is 4.35. The lowest BCUT2D eigenvalue weighted by Crippen LogP contribution is -2.44. The van der Waals surface area contributed by atoms with E-state index in [1.807, 2.05) is 45.0 Å². The molecule has 20 heavy (non-hydrogen) atoms. The summed E-state index contributed by atoms with van der Waals surface area (Å²) in [6.45, 7) is 6.67. The smallest absolute Gasteiger partial charge is 0.234 e. The van der Waals surface area contributed by atoms with Crippen molar-refractivity contribution in [3.63, 3.8) is 0 Å². The molecule has 1 aromatic heterocycles. The van der Waals surface area contributed by atoms with E-state index in [-0.39, 0.29) is 18.0 Å². The van der Waals surface area contributed by atoms with E-state index in [1.165, 1.54) is 0 Å². The molecular formula is C15H20ClN3O. The quantitative estimate of drug-likeness (QED) is 0.812. The topological polar surface area (TPSA) is 56.9 Å². The third kappa shape index (κ3) is 3.74. The molecule has 0 spiro atoms. The Morgan fingerprint density at radius 3 is 2.65 bits per heavy atom. The minimum absolute atomic E-state index is 0.0234. The van der Waals surface area contributed by atoms with Gasteiger partial charge in [0.2, 0.25) is 5.91 Å². The summed E-state index contributed by atoms with van der Waals surface area (Å²) in [6.07, 6.45) is 0. The van der Waals surface area contributed by atoms with Gasteiger partial charge in [0.25, 0.3) is 0 Å². The first kappa shape index (κ1) is 14.9. The maximum atomic E-state index is 11.7. The van der Waals surface area contributed by atoms with E-state index in [9.17, 15) is 4.79 Å². The van der Waals surface area contributed by atoms with Crippen LogP contribution in [0.15, 0.2) is 24.3 Å². The number of nitrogens with one attached hydrogen (secondary N) is 3. The SMILES string of the molecule is CC(C)(C)NC(=O)CNCc1[nH]c2ccccc2c1Cl. The number of amides is 1. The average Bonchev–Trinajstić information content (AvgIpc) is 2.65. The molecule has 5 heteroatoms. The number of para-hydroxylation sites is 1. The second kappa shape index (κ2) is 5.85. The normalized spacial score (nSPS) is 11.8. The molecule has 3 N–H and O–H groups in total. The first-order chi connectivity index (χ1) is 9.37. The summed E-state index contributed by atoms with van der Waals surface area (Å²) in [7, 11) is 0. The van der Waals surface area contributed by atoms with Gasteiger partial charge in [0.15, 0.2) is 0 Å². The minimum atomic E-state index is -0.211. The van der Waals surface area contributed by atoms with E-state index in [4.69, 9.17) is 11.6 Å². The van der Waals surface area contributed by atoms with Crippen LogP contribution in [0.3, 0.4) is 0 Å².